The fraction of sp³-hybridized carbons (Fsp3) is 0.133. The third-order valence-corrected chi connectivity index (χ3v) is 2.67. The Balaban J connectivity index is 2.06. The molecular weight excluding hydrogens is 208 g/mol. The fourth-order valence-electron chi connectivity index (χ4n) is 1.83. The molecule has 0 aliphatic rings. The highest BCUT2D eigenvalue weighted by atomic mass is 14.7. The SMILES string of the molecule is N=C(N)Cc1ccc(Cc2ccccc2)cc1. The molecule has 2 rings (SSSR count). The minimum atomic E-state index is 0.209. The number of amidine groups is 1. The van der Waals surface area contributed by atoms with Crippen molar-refractivity contribution >= 4 is 5.84 Å². The number of nitrogens with two attached hydrogens (primary N) is 1. The molecule has 2 nitrogen and oxygen atoms in total. The lowest BCUT2D eigenvalue weighted by Gasteiger charge is -2.04. The first-order valence-corrected chi connectivity index (χ1v) is 5.68. The summed E-state index contributed by atoms with van der Waals surface area (Å²) in [6, 6.07) is 18.7. The molecule has 0 amide bonds. The van der Waals surface area contributed by atoms with E-state index in [-0.39, 0.29) is 5.84 Å². The topological polar surface area (TPSA) is 49.9 Å². The maximum absolute atomic E-state index is 7.24. The highest BCUT2D eigenvalue weighted by Crippen LogP contribution is 2.10. The van der Waals surface area contributed by atoms with Crippen molar-refractivity contribution in [3.8, 4) is 0 Å². The van der Waals surface area contributed by atoms with Crippen molar-refractivity contribution < 1.29 is 0 Å². The average Bonchev–Trinajstić information content (AvgIpc) is 2.32. The van der Waals surface area contributed by atoms with Crippen LogP contribution in [-0.4, -0.2) is 5.84 Å². The van der Waals surface area contributed by atoms with Gasteiger partial charge in [0, 0.05) is 6.42 Å². The largest absolute Gasteiger partial charge is 0.387 e. The lowest BCUT2D eigenvalue weighted by atomic mass is 10.0. The molecule has 0 unspecified atom stereocenters. The van der Waals surface area contributed by atoms with Crippen molar-refractivity contribution in [3.63, 3.8) is 0 Å². The molecule has 0 atom stereocenters. The van der Waals surface area contributed by atoms with Gasteiger partial charge in [-0.1, -0.05) is 54.6 Å². The van der Waals surface area contributed by atoms with Crippen molar-refractivity contribution in [3.05, 3.63) is 71.3 Å². The van der Waals surface area contributed by atoms with E-state index < -0.39 is 0 Å². The molecule has 86 valence electrons. The average molecular weight is 224 g/mol. The summed E-state index contributed by atoms with van der Waals surface area (Å²) < 4.78 is 0. The predicted octanol–water partition coefficient (Wildman–Crippen LogP) is 2.76. The molecule has 0 spiro atoms. The Kier molecular flexibility index (Phi) is 3.55. The van der Waals surface area contributed by atoms with E-state index in [0.29, 0.717) is 6.42 Å². The second-order valence-corrected chi connectivity index (χ2v) is 4.18. The molecule has 0 aromatic heterocycles. The Bertz CT molecular complexity index is 486. The van der Waals surface area contributed by atoms with Gasteiger partial charge in [-0.25, -0.2) is 0 Å². The normalized spacial score (nSPS) is 10.1. The fourth-order valence-corrected chi connectivity index (χ4v) is 1.83. The molecule has 2 aromatic rings. The van der Waals surface area contributed by atoms with Crippen molar-refractivity contribution in [1.82, 2.24) is 0 Å². The molecule has 0 saturated carbocycles. The molecule has 2 heteroatoms. The van der Waals surface area contributed by atoms with Gasteiger partial charge >= 0.3 is 0 Å². The lowest BCUT2D eigenvalue weighted by molar-refractivity contribution is 1.17. The van der Waals surface area contributed by atoms with Crippen LogP contribution < -0.4 is 5.73 Å². The van der Waals surface area contributed by atoms with Gasteiger partial charge in [0.05, 0.1) is 5.84 Å². The Morgan fingerprint density at radius 1 is 0.824 bits per heavy atom. The molecule has 0 saturated heterocycles. The molecule has 0 bridgehead atoms. The van der Waals surface area contributed by atoms with E-state index in [4.69, 9.17) is 11.1 Å². The lowest BCUT2D eigenvalue weighted by Crippen LogP contribution is -2.12. The van der Waals surface area contributed by atoms with E-state index in [2.05, 4.69) is 36.4 Å². The van der Waals surface area contributed by atoms with E-state index in [1.165, 1.54) is 11.1 Å². The van der Waals surface area contributed by atoms with Crippen LogP contribution in [0, 0.1) is 5.41 Å². The summed E-state index contributed by atoms with van der Waals surface area (Å²) in [5, 5.41) is 7.24. The molecule has 2 aromatic carbocycles. The van der Waals surface area contributed by atoms with E-state index in [9.17, 15) is 0 Å². The first-order chi connectivity index (χ1) is 8.24. The summed E-state index contributed by atoms with van der Waals surface area (Å²) in [4.78, 5) is 0. The maximum atomic E-state index is 7.24. The molecule has 0 fully saturated rings. The quantitative estimate of drug-likeness (QED) is 0.609. The van der Waals surface area contributed by atoms with E-state index >= 15 is 0 Å². The zero-order chi connectivity index (χ0) is 12.1. The summed E-state index contributed by atoms with van der Waals surface area (Å²) in [7, 11) is 0. The number of rotatable bonds is 4. The number of hydrogen-bond donors (Lipinski definition) is 2. The van der Waals surface area contributed by atoms with Crippen molar-refractivity contribution in [2.75, 3.05) is 0 Å². The summed E-state index contributed by atoms with van der Waals surface area (Å²) in [5.74, 6) is 0.209. The van der Waals surface area contributed by atoms with Gasteiger partial charge in [0.25, 0.3) is 0 Å². The second kappa shape index (κ2) is 5.30. The molecule has 17 heavy (non-hydrogen) atoms. The van der Waals surface area contributed by atoms with E-state index in [1.54, 1.807) is 0 Å². The molecular formula is C15H16N2. The number of nitrogens with one attached hydrogen (secondary N) is 1. The Hall–Kier alpha value is -2.09. The van der Waals surface area contributed by atoms with Gasteiger partial charge in [0.1, 0.15) is 0 Å². The molecule has 0 heterocycles. The minimum Gasteiger partial charge on any atom is -0.387 e. The van der Waals surface area contributed by atoms with Crippen molar-refractivity contribution in [1.29, 1.82) is 5.41 Å². The monoisotopic (exact) mass is 224 g/mol. The first kappa shape index (κ1) is 11.4. The molecule has 3 N–H and O–H groups in total. The van der Waals surface area contributed by atoms with Crippen LogP contribution in [0.3, 0.4) is 0 Å². The third kappa shape index (κ3) is 3.45. The predicted molar refractivity (Wildman–Crippen MR) is 71.3 cm³/mol. The first-order valence-electron chi connectivity index (χ1n) is 5.68. The van der Waals surface area contributed by atoms with Crippen LogP contribution >= 0.6 is 0 Å². The van der Waals surface area contributed by atoms with Crippen LogP contribution in [0.1, 0.15) is 16.7 Å². The number of benzene rings is 2. The summed E-state index contributed by atoms with van der Waals surface area (Å²) in [6.45, 7) is 0. The van der Waals surface area contributed by atoms with Crippen molar-refractivity contribution in [2.24, 2.45) is 5.73 Å². The van der Waals surface area contributed by atoms with Gasteiger partial charge in [0.2, 0.25) is 0 Å². The molecule has 0 aliphatic heterocycles. The second-order valence-electron chi connectivity index (χ2n) is 4.18. The van der Waals surface area contributed by atoms with Crippen LogP contribution in [0.5, 0.6) is 0 Å². The summed E-state index contributed by atoms with van der Waals surface area (Å²) in [5.41, 5.74) is 9.05. The highest BCUT2D eigenvalue weighted by molar-refractivity contribution is 5.79. The van der Waals surface area contributed by atoms with Gasteiger partial charge in [-0.2, -0.15) is 0 Å². The maximum Gasteiger partial charge on any atom is 0.0950 e. The summed E-state index contributed by atoms with van der Waals surface area (Å²) >= 11 is 0. The van der Waals surface area contributed by atoms with Gasteiger partial charge in [-0.3, -0.25) is 5.41 Å². The Labute approximate surface area is 102 Å². The number of hydrogen-bond acceptors (Lipinski definition) is 1. The van der Waals surface area contributed by atoms with E-state index in [0.717, 1.165) is 12.0 Å². The smallest absolute Gasteiger partial charge is 0.0950 e. The minimum absolute atomic E-state index is 0.209. The van der Waals surface area contributed by atoms with Crippen molar-refractivity contribution in [2.45, 2.75) is 12.8 Å². The van der Waals surface area contributed by atoms with Gasteiger partial charge in [-0.05, 0) is 23.1 Å². The van der Waals surface area contributed by atoms with Crippen LogP contribution in [0.15, 0.2) is 54.6 Å². The standard InChI is InChI=1S/C15H16N2/c16-15(17)11-14-8-6-13(7-9-14)10-12-4-2-1-3-5-12/h1-9H,10-11H2,(H3,16,17). The molecule has 0 radical (unpaired) electrons. The highest BCUT2D eigenvalue weighted by Gasteiger charge is 1.98. The van der Waals surface area contributed by atoms with Crippen LogP contribution in [0.2, 0.25) is 0 Å². The Morgan fingerprint density at radius 3 is 1.94 bits per heavy atom. The Morgan fingerprint density at radius 2 is 1.35 bits per heavy atom. The summed E-state index contributed by atoms with van der Waals surface area (Å²) in [6.07, 6.45) is 1.48. The molecule has 0 aliphatic carbocycles. The van der Waals surface area contributed by atoms with Crippen LogP contribution in [-0.2, 0) is 12.8 Å². The third-order valence-electron chi connectivity index (χ3n) is 2.67. The van der Waals surface area contributed by atoms with E-state index in [1.807, 2.05) is 18.2 Å². The van der Waals surface area contributed by atoms with Gasteiger partial charge in [0.15, 0.2) is 0 Å². The van der Waals surface area contributed by atoms with Gasteiger partial charge in [-0.15, -0.1) is 0 Å². The van der Waals surface area contributed by atoms with Crippen LogP contribution in [0.25, 0.3) is 0 Å². The van der Waals surface area contributed by atoms with Gasteiger partial charge < -0.3 is 5.73 Å². The zero-order valence-electron chi connectivity index (χ0n) is 9.69. The zero-order valence-corrected chi connectivity index (χ0v) is 9.69. The van der Waals surface area contributed by atoms with Crippen LogP contribution in [0.4, 0.5) is 0 Å².